The maximum Gasteiger partial charge on any atom is 0.407 e. The highest BCUT2D eigenvalue weighted by atomic mass is 28.4. The normalized spacial score (nSPS) is 11.4. The predicted molar refractivity (Wildman–Crippen MR) is 136 cm³/mol. The van der Waals surface area contributed by atoms with Gasteiger partial charge in [0.05, 0.1) is 19.3 Å². The Bertz CT molecular complexity index is 1070. The second-order valence-electron chi connectivity index (χ2n) is 8.91. The van der Waals surface area contributed by atoms with Gasteiger partial charge in [0.15, 0.2) is 0 Å². The van der Waals surface area contributed by atoms with Crippen LogP contribution < -0.4 is 15.7 Å². The molecule has 0 saturated heterocycles. The van der Waals surface area contributed by atoms with Crippen molar-refractivity contribution in [2.45, 2.75) is 38.7 Å². The molecule has 1 amide bonds. The van der Waals surface area contributed by atoms with E-state index in [9.17, 15) is 4.79 Å². The first-order chi connectivity index (χ1) is 16.4. The number of amides is 1. The number of aromatic nitrogens is 1. The van der Waals surface area contributed by atoms with Gasteiger partial charge in [0.1, 0.15) is 6.26 Å². The standard InChI is InChI=1S/C27H32N2O4Si/c1-27(2,3)34(23-14-7-5-8-15-23,24-16-9-6-10-17-24)33-20-12-13-22-21-32-25(29-22)18-11-19-28-26(30)31-4/h5-10,14-17,21H,12-13,19-20H2,1-4H3,(H,28,30). The first-order valence-corrected chi connectivity index (χ1v) is 13.3. The SMILES string of the molecule is COC(=O)NCC#Cc1nc(CCCO[Si](c2ccccc2)(c2ccccc2)C(C)(C)C)co1. The summed E-state index contributed by atoms with van der Waals surface area (Å²) >= 11 is 0. The van der Waals surface area contributed by atoms with Gasteiger partial charge < -0.3 is 18.9 Å². The minimum atomic E-state index is -2.53. The van der Waals surface area contributed by atoms with E-state index >= 15 is 0 Å². The first kappa shape index (κ1) is 25.3. The molecule has 0 spiro atoms. The quantitative estimate of drug-likeness (QED) is 0.303. The minimum Gasteiger partial charge on any atom is -0.453 e. The van der Waals surface area contributed by atoms with E-state index in [0.717, 1.165) is 18.5 Å². The Morgan fingerprint density at radius 3 is 2.24 bits per heavy atom. The van der Waals surface area contributed by atoms with Crippen LogP contribution in [0.5, 0.6) is 0 Å². The number of methoxy groups -OCH3 is 1. The summed E-state index contributed by atoms with van der Waals surface area (Å²) in [5, 5.41) is 4.98. The zero-order valence-corrected chi connectivity index (χ0v) is 21.3. The van der Waals surface area contributed by atoms with Gasteiger partial charge in [0, 0.05) is 6.61 Å². The molecule has 0 aliphatic carbocycles. The van der Waals surface area contributed by atoms with Crippen molar-refractivity contribution in [3.8, 4) is 11.8 Å². The van der Waals surface area contributed by atoms with Crippen LogP contribution >= 0.6 is 0 Å². The van der Waals surface area contributed by atoms with Gasteiger partial charge in [-0.3, -0.25) is 0 Å². The summed E-state index contributed by atoms with van der Waals surface area (Å²) in [6, 6.07) is 21.2. The second kappa shape index (κ2) is 11.7. The summed E-state index contributed by atoms with van der Waals surface area (Å²) in [4.78, 5) is 15.5. The number of nitrogens with zero attached hydrogens (tertiary/aromatic N) is 1. The van der Waals surface area contributed by atoms with Crippen molar-refractivity contribution in [3.05, 3.63) is 78.5 Å². The molecule has 0 bridgehead atoms. The lowest BCUT2D eigenvalue weighted by Gasteiger charge is -2.43. The highest BCUT2D eigenvalue weighted by molar-refractivity contribution is 6.99. The molecule has 0 saturated carbocycles. The van der Waals surface area contributed by atoms with Gasteiger partial charge in [0.25, 0.3) is 14.2 Å². The maximum atomic E-state index is 11.0. The van der Waals surface area contributed by atoms with Crippen molar-refractivity contribution in [2.24, 2.45) is 0 Å². The zero-order valence-electron chi connectivity index (χ0n) is 20.3. The predicted octanol–water partition coefficient (Wildman–Crippen LogP) is 3.89. The molecule has 1 N–H and O–H groups in total. The number of carbonyl (C=O) groups excluding carboxylic acids is 1. The van der Waals surface area contributed by atoms with Gasteiger partial charge in [0.2, 0.25) is 0 Å². The Labute approximate surface area is 202 Å². The Morgan fingerprint density at radius 2 is 1.68 bits per heavy atom. The fourth-order valence-corrected chi connectivity index (χ4v) is 8.63. The molecule has 0 radical (unpaired) electrons. The average Bonchev–Trinajstić information content (AvgIpc) is 3.29. The number of ether oxygens (including phenoxy) is 1. The number of aryl methyl sites for hydroxylation is 1. The summed E-state index contributed by atoms with van der Waals surface area (Å²) in [7, 11) is -1.22. The van der Waals surface area contributed by atoms with Crippen LogP contribution in [-0.2, 0) is 15.6 Å². The largest absolute Gasteiger partial charge is 0.453 e. The fraction of sp³-hybridized carbons (Fsp3) is 0.333. The first-order valence-electron chi connectivity index (χ1n) is 11.4. The minimum absolute atomic E-state index is 0.0510. The number of hydrogen-bond donors (Lipinski definition) is 1. The van der Waals surface area contributed by atoms with Crippen molar-refractivity contribution in [2.75, 3.05) is 20.3 Å². The summed E-state index contributed by atoms with van der Waals surface area (Å²) in [6.07, 6.45) is 2.64. The number of nitrogens with one attached hydrogen (secondary N) is 1. The highest BCUT2D eigenvalue weighted by Crippen LogP contribution is 2.36. The van der Waals surface area contributed by atoms with Gasteiger partial charge in [-0.1, -0.05) is 87.4 Å². The van der Waals surface area contributed by atoms with E-state index in [1.165, 1.54) is 17.5 Å². The number of rotatable bonds is 8. The Kier molecular flexibility index (Phi) is 8.69. The molecule has 3 rings (SSSR count). The van der Waals surface area contributed by atoms with Gasteiger partial charge in [-0.25, -0.2) is 9.78 Å². The summed E-state index contributed by atoms with van der Waals surface area (Å²) < 4.78 is 16.8. The van der Waals surface area contributed by atoms with E-state index in [-0.39, 0.29) is 11.6 Å². The number of alkyl carbamates (subject to hydrolysis) is 1. The van der Waals surface area contributed by atoms with Crippen molar-refractivity contribution < 1.29 is 18.4 Å². The molecular weight excluding hydrogens is 444 g/mol. The lowest BCUT2D eigenvalue weighted by molar-refractivity contribution is 0.172. The van der Waals surface area contributed by atoms with E-state index in [1.54, 1.807) is 6.26 Å². The van der Waals surface area contributed by atoms with Gasteiger partial charge in [-0.2, -0.15) is 0 Å². The van der Waals surface area contributed by atoms with Crippen LogP contribution in [0.15, 0.2) is 71.3 Å². The van der Waals surface area contributed by atoms with Gasteiger partial charge in [-0.15, -0.1) is 0 Å². The Balaban J connectivity index is 1.68. The van der Waals surface area contributed by atoms with Crippen LogP contribution in [0, 0.1) is 11.8 Å². The molecular formula is C27H32N2O4Si. The van der Waals surface area contributed by atoms with E-state index in [0.29, 0.717) is 12.5 Å². The van der Waals surface area contributed by atoms with Crippen LogP contribution in [0.2, 0.25) is 5.04 Å². The fourth-order valence-electron chi connectivity index (χ4n) is 4.03. The maximum absolute atomic E-state index is 11.0. The molecule has 0 atom stereocenters. The third-order valence-electron chi connectivity index (χ3n) is 5.57. The molecule has 34 heavy (non-hydrogen) atoms. The highest BCUT2D eigenvalue weighted by Gasteiger charge is 2.49. The van der Waals surface area contributed by atoms with Crippen LogP contribution in [0.25, 0.3) is 0 Å². The summed E-state index contributed by atoms with van der Waals surface area (Å²) in [6.45, 7) is 7.60. The molecule has 6 nitrogen and oxygen atoms in total. The van der Waals surface area contributed by atoms with E-state index in [1.807, 2.05) is 12.1 Å². The third-order valence-corrected chi connectivity index (χ3v) is 10.6. The van der Waals surface area contributed by atoms with Crippen LogP contribution in [-0.4, -0.2) is 39.7 Å². The molecule has 3 aromatic rings. The van der Waals surface area contributed by atoms with Crippen LogP contribution in [0.3, 0.4) is 0 Å². The number of carbonyl (C=O) groups is 1. The summed E-state index contributed by atoms with van der Waals surface area (Å²) in [5.74, 6) is 5.91. The lowest BCUT2D eigenvalue weighted by atomic mass is 10.2. The number of hydrogen-bond acceptors (Lipinski definition) is 5. The smallest absolute Gasteiger partial charge is 0.407 e. The molecule has 0 aliphatic rings. The van der Waals surface area contributed by atoms with Crippen molar-refractivity contribution in [3.63, 3.8) is 0 Å². The van der Waals surface area contributed by atoms with Gasteiger partial charge in [-0.05, 0) is 34.2 Å². The Morgan fingerprint density at radius 1 is 1.06 bits per heavy atom. The van der Waals surface area contributed by atoms with Crippen LogP contribution in [0.4, 0.5) is 4.79 Å². The molecule has 2 aromatic carbocycles. The molecule has 0 unspecified atom stereocenters. The molecule has 0 fully saturated rings. The number of oxazole rings is 1. The van der Waals surface area contributed by atoms with Crippen LogP contribution in [0.1, 0.15) is 38.8 Å². The monoisotopic (exact) mass is 476 g/mol. The topological polar surface area (TPSA) is 73.6 Å². The zero-order chi connectivity index (χ0) is 24.4. The molecule has 7 heteroatoms. The van der Waals surface area contributed by atoms with E-state index in [2.05, 4.69) is 96.2 Å². The van der Waals surface area contributed by atoms with Crippen molar-refractivity contribution in [1.29, 1.82) is 0 Å². The third kappa shape index (κ3) is 6.16. The van der Waals surface area contributed by atoms with Crippen molar-refractivity contribution >= 4 is 24.8 Å². The number of benzene rings is 2. The second-order valence-corrected chi connectivity index (χ2v) is 13.2. The average molecular weight is 477 g/mol. The van der Waals surface area contributed by atoms with Crippen molar-refractivity contribution in [1.82, 2.24) is 10.3 Å². The lowest BCUT2D eigenvalue weighted by Crippen LogP contribution is -2.66. The molecule has 1 aromatic heterocycles. The van der Waals surface area contributed by atoms with E-state index in [4.69, 9.17) is 8.84 Å². The molecule has 178 valence electrons. The van der Waals surface area contributed by atoms with E-state index < -0.39 is 14.4 Å². The molecule has 1 heterocycles. The van der Waals surface area contributed by atoms with Gasteiger partial charge >= 0.3 is 6.09 Å². The molecule has 0 aliphatic heterocycles. The summed E-state index contributed by atoms with van der Waals surface area (Å²) in [5.41, 5.74) is 0.830. The Hall–Kier alpha value is -3.34.